The lowest BCUT2D eigenvalue weighted by Gasteiger charge is -2.19. The van der Waals surface area contributed by atoms with Crippen LogP contribution in [0.5, 0.6) is 0 Å². The molecule has 1 amide bonds. The highest BCUT2D eigenvalue weighted by molar-refractivity contribution is 5.83. The van der Waals surface area contributed by atoms with Crippen molar-refractivity contribution >= 4 is 5.91 Å². The number of ether oxygens (including phenoxy) is 1. The van der Waals surface area contributed by atoms with E-state index in [2.05, 4.69) is 0 Å². The van der Waals surface area contributed by atoms with Gasteiger partial charge in [0, 0.05) is 13.2 Å². The van der Waals surface area contributed by atoms with Gasteiger partial charge in [-0.1, -0.05) is 0 Å². The third-order valence-electron chi connectivity index (χ3n) is 2.00. The fourth-order valence-corrected chi connectivity index (χ4v) is 0.964. The normalized spacial score (nSPS) is 15.3. The van der Waals surface area contributed by atoms with Gasteiger partial charge in [0.15, 0.2) is 0 Å². The van der Waals surface area contributed by atoms with Crippen molar-refractivity contribution < 1.29 is 9.53 Å². The fraction of sp³-hybridized carbons (Fsp3) is 0.889. The molecule has 0 heterocycles. The molecule has 0 spiro atoms. The minimum Gasteiger partial charge on any atom is -0.382 e. The molecule has 0 aromatic heterocycles. The molecule has 0 aromatic carbocycles. The van der Waals surface area contributed by atoms with Crippen molar-refractivity contribution in [1.82, 2.24) is 0 Å². The second-order valence-electron chi connectivity index (χ2n) is 3.44. The van der Waals surface area contributed by atoms with Crippen LogP contribution in [0.4, 0.5) is 0 Å². The molecule has 0 bridgehead atoms. The molecule has 0 rings (SSSR count). The van der Waals surface area contributed by atoms with Gasteiger partial charge in [0.25, 0.3) is 0 Å². The Labute approximate surface area is 79.6 Å². The number of rotatable bonds is 7. The first kappa shape index (κ1) is 12.4. The van der Waals surface area contributed by atoms with Gasteiger partial charge in [0.05, 0.1) is 5.54 Å². The van der Waals surface area contributed by atoms with E-state index >= 15 is 0 Å². The Hall–Kier alpha value is -0.610. The van der Waals surface area contributed by atoms with Crippen molar-refractivity contribution in [2.24, 2.45) is 11.5 Å². The topological polar surface area (TPSA) is 78.3 Å². The van der Waals surface area contributed by atoms with E-state index in [1.807, 2.05) is 6.92 Å². The Morgan fingerprint density at radius 3 is 2.54 bits per heavy atom. The number of hydrogen-bond donors (Lipinski definition) is 2. The smallest absolute Gasteiger partial charge is 0.237 e. The molecule has 4 nitrogen and oxygen atoms in total. The van der Waals surface area contributed by atoms with Crippen LogP contribution in [0.2, 0.25) is 0 Å². The third kappa shape index (κ3) is 5.60. The van der Waals surface area contributed by atoms with Crippen LogP contribution >= 0.6 is 0 Å². The van der Waals surface area contributed by atoms with Gasteiger partial charge in [0.1, 0.15) is 0 Å². The fourth-order valence-electron chi connectivity index (χ4n) is 0.964. The first-order valence-electron chi connectivity index (χ1n) is 4.67. The average Bonchev–Trinajstić information content (AvgIpc) is 2.03. The van der Waals surface area contributed by atoms with Crippen molar-refractivity contribution in [2.75, 3.05) is 13.2 Å². The summed E-state index contributed by atoms with van der Waals surface area (Å²) in [5.74, 6) is -0.441. The molecule has 1 atom stereocenters. The molecule has 0 aliphatic rings. The van der Waals surface area contributed by atoms with Gasteiger partial charge >= 0.3 is 0 Å². The van der Waals surface area contributed by atoms with E-state index in [1.54, 1.807) is 6.92 Å². The maximum atomic E-state index is 10.8. The van der Waals surface area contributed by atoms with E-state index < -0.39 is 11.4 Å². The van der Waals surface area contributed by atoms with Crippen LogP contribution in [0.25, 0.3) is 0 Å². The molecule has 13 heavy (non-hydrogen) atoms. The minimum absolute atomic E-state index is 0.441. The Morgan fingerprint density at radius 2 is 2.08 bits per heavy atom. The largest absolute Gasteiger partial charge is 0.382 e. The van der Waals surface area contributed by atoms with Crippen LogP contribution in [-0.2, 0) is 9.53 Å². The Balaban J connectivity index is 3.46. The predicted octanol–water partition coefficient (Wildman–Crippen LogP) is 0.396. The van der Waals surface area contributed by atoms with Crippen LogP contribution in [0.1, 0.15) is 33.1 Å². The summed E-state index contributed by atoms with van der Waals surface area (Å²) < 4.78 is 5.15. The molecule has 0 radical (unpaired) electrons. The summed E-state index contributed by atoms with van der Waals surface area (Å²) in [5, 5.41) is 0. The summed E-state index contributed by atoms with van der Waals surface area (Å²) in [4.78, 5) is 10.8. The van der Waals surface area contributed by atoms with Crippen LogP contribution in [0, 0.1) is 0 Å². The summed E-state index contributed by atoms with van der Waals surface area (Å²) in [7, 11) is 0. The molecule has 78 valence electrons. The zero-order valence-electron chi connectivity index (χ0n) is 8.51. The lowest BCUT2D eigenvalue weighted by Crippen LogP contribution is -2.49. The summed E-state index contributed by atoms with van der Waals surface area (Å²) in [5.41, 5.74) is 9.91. The standard InChI is InChI=1S/C9H20N2O2/c1-3-13-7-5-4-6-9(2,11)8(10)12/h3-7,11H2,1-2H3,(H2,10,12). The van der Waals surface area contributed by atoms with Gasteiger partial charge in [-0.05, 0) is 33.1 Å². The Bertz CT molecular complexity index is 158. The Morgan fingerprint density at radius 1 is 1.46 bits per heavy atom. The van der Waals surface area contributed by atoms with E-state index in [-0.39, 0.29) is 0 Å². The molecule has 0 aromatic rings. The van der Waals surface area contributed by atoms with Gasteiger partial charge in [0.2, 0.25) is 5.91 Å². The molecular formula is C9H20N2O2. The molecule has 0 aliphatic carbocycles. The second-order valence-corrected chi connectivity index (χ2v) is 3.44. The van der Waals surface area contributed by atoms with Crippen LogP contribution in [0.15, 0.2) is 0 Å². The maximum absolute atomic E-state index is 10.8. The first-order valence-corrected chi connectivity index (χ1v) is 4.67. The van der Waals surface area contributed by atoms with Crippen molar-refractivity contribution in [3.8, 4) is 0 Å². The van der Waals surface area contributed by atoms with Gasteiger partial charge < -0.3 is 16.2 Å². The zero-order valence-corrected chi connectivity index (χ0v) is 8.51. The van der Waals surface area contributed by atoms with E-state index in [0.29, 0.717) is 6.42 Å². The molecule has 0 saturated carbocycles. The van der Waals surface area contributed by atoms with Crippen molar-refractivity contribution in [3.63, 3.8) is 0 Å². The molecule has 0 fully saturated rings. The summed E-state index contributed by atoms with van der Waals surface area (Å²) in [6.45, 7) is 5.08. The van der Waals surface area contributed by atoms with Crippen molar-refractivity contribution in [1.29, 1.82) is 0 Å². The van der Waals surface area contributed by atoms with E-state index in [1.165, 1.54) is 0 Å². The average molecular weight is 188 g/mol. The molecule has 4 heteroatoms. The number of nitrogens with two attached hydrogens (primary N) is 2. The number of amides is 1. The quantitative estimate of drug-likeness (QED) is 0.567. The monoisotopic (exact) mass is 188 g/mol. The number of carbonyl (C=O) groups is 1. The predicted molar refractivity (Wildman–Crippen MR) is 52.1 cm³/mol. The highest BCUT2D eigenvalue weighted by Crippen LogP contribution is 2.09. The molecule has 0 saturated heterocycles. The number of hydrogen-bond acceptors (Lipinski definition) is 3. The first-order chi connectivity index (χ1) is 6.00. The van der Waals surface area contributed by atoms with Gasteiger partial charge in [-0.2, -0.15) is 0 Å². The lowest BCUT2D eigenvalue weighted by molar-refractivity contribution is -0.122. The molecular weight excluding hydrogens is 168 g/mol. The molecule has 4 N–H and O–H groups in total. The van der Waals surface area contributed by atoms with Crippen molar-refractivity contribution in [3.05, 3.63) is 0 Å². The Kier molecular flexibility index (Phi) is 5.66. The van der Waals surface area contributed by atoms with Crippen LogP contribution in [-0.4, -0.2) is 24.7 Å². The minimum atomic E-state index is -0.869. The summed E-state index contributed by atoms with van der Waals surface area (Å²) in [6.07, 6.45) is 2.42. The second kappa shape index (κ2) is 5.94. The van der Waals surface area contributed by atoms with Gasteiger partial charge in [-0.25, -0.2) is 0 Å². The number of primary amides is 1. The number of carbonyl (C=O) groups excluding carboxylic acids is 1. The van der Waals surface area contributed by atoms with Crippen molar-refractivity contribution in [2.45, 2.75) is 38.6 Å². The van der Waals surface area contributed by atoms with Crippen LogP contribution in [0.3, 0.4) is 0 Å². The number of unbranched alkanes of at least 4 members (excludes halogenated alkanes) is 1. The summed E-state index contributed by atoms with van der Waals surface area (Å²) >= 11 is 0. The van der Waals surface area contributed by atoms with Gasteiger partial charge in [-0.3, -0.25) is 4.79 Å². The maximum Gasteiger partial charge on any atom is 0.237 e. The summed E-state index contributed by atoms with van der Waals surface area (Å²) in [6, 6.07) is 0. The zero-order chi connectivity index (χ0) is 10.3. The molecule has 0 aliphatic heterocycles. The molecule has 1 unspecified atom stereocenters. The van der Waals surface area contributed by atoms with E-state index in [0.717, 1.165) is 26.1 Å². The van der Waals surface area contributed by atoms with Gasteiger partial charge in [-0.15, -0.1) is 0 Å². The van der Waals surface area contributed by atoms with Crippen LogP contribution < -0.4 is 11.5 Å². The van der Waals surface area contributed by atoms with E-state index in [4.69, 9.17) is 16.2 Å². The highest BCUT2D eigenvalue weighted by Gasteiger charge is 2.24. The van der Waals surface area contributed by atoms with E-state index in [9.17, 15) is 4.79 Å². The lowest BCUT2D eigenvalue weighted by atomic mass is 9.96. The SMILES string of the molecule is CCOCCCCC(C)(N)C(N)=O. The highest BCUT2D eigenvalue weighted by atomic mass is 16.5. The third-order valence-corrected chi connectivity index (χ3v) is 2.00.